The van der Waals surface area contributed by atoms with E-state index in [0.29, 0.717) is 13.0 Å². The summed E-state index contributed by atoms with van der Waals surface area (Å²) in [6.45, 7) is 0.463. The van der Waals surface area contributed by atoms with Crippen molar-refractivity contribution in [3.63, 3.8) is 0 Å². The van der Waals surface area contributed by atoms with Gasteiger partial charge in [0.25, 0.3) is 0 Å². The number of carboxylic acids is 1. The van der Waals surface area contributed by atoms with E-state index in [1.165, 1.54) is 6.92 Å². The molecule has 0 rings (SSSR count). The summed E-state index contributed by atoms with van der Waals surface area (Å²) in [5.41, 5.74) is 0. The van der Waals surface area contributed by atoms with Crippen molar-refractivity contribution >= 4 is 5.97 Å². The van der Waals surface area contributed by atoms with Gasteiger partial charge in [-0.1, -0.05) is 0 Å². The van der Waals surface area contributed by atoms with E-state index in [1.54, 1.807) is 0 Å². The molecule has 0 bridgehead atoms. The van der Waals surface area contributed by atoms with E-state index in [4.69, 9.17) is 5.11 Å². The molecule has 0 aliphatic rings. The van der Waals surface area contributed by atoms with Gasteiger partial charge < -0.3 is 15.2 Å². The first-order chi connectivity index (χ1) is 6.83. The number of hydrogen-bond acceptors (Lipinski definition) is 3. The largest absolute Gasteiger partial charge is 0.480 e. The maximum absolute atomic E-state index is 11.6. The first kappa shape index (κ1) is 14.2. The number of hydrogen-bond donors (Lipinski definition) is 2. The van der Waals surface area contributed by atoms with Gasteiger partial charge in [0.05, 0.1) is 0 Å². The van der Waals surface area contributed by atoms with E-state index >= 15 is 0 Å². The number of halogens is 3. The van der Waals surface area contributed by atoms with Crippen molar-refractivity contribution in [3.05, 3.63) is 0 Å². The topological polar surface area (TPSA) is 58.6 Å². The SMILES string of the molecule is C[C@H](NCCCOCC(F)(F)F)C(=O)O. The maximum atomic E-state index is 11.6. The van der Waals surface area contributed by atoms with E-state index in [-0.39, 0.29) is 6.61 Å². The lowest BCUT2D eigenvalue weighted by Gasteiger charge is -2.10. The normalized spacial score (nSPS) is 13.9. The number of carbonyl (C=O) groups is 1. The summed E-state index contributed by atoms with van der Waals surface area (Å²) in [5, 5.41) is 11.1. The molecule has 0 aromatic carbocycles. The molecule has 1 atom stereocenters. The van der Waals surface area contributed by atoms with Crippen molar-refractivity contribution in [1.82, 2.24) is 5.32 Å². The summed E-state index contributed by atoms with van der Waals surface area (Å²) in [5.74, 6) is -0.994. The van der Waals surface area contributed by atoms with Crippen LogP contribution in [-0.4, -0.2) is 43.1 Å². The number of rotatable bonds is 7. The Labute approximate surface area is 85.4 Å². The predicted molar refractivity (Wildman–Crippen MR) is 46.6 cm³/mol. The Morgan fingerprint density at radius 3 is 2.60 bits per heavy atom. The maximum Gasteiger partial charge on any atom is 0.411 e. The Morgan fingerprint density at radius 2 is 2.13 bits per heavy atom. The van der Waals surface area contributed by atoms with Crippen molar-refractivity contribution in [1.29, 1.82) is 0 Å². The highest BCUT2D eigenvalue weighted by Crippen LogP contribution is 2.14. The van der Waals surface area contributed by atoms with Crippen LogP contribution in [0.2, 0.25) is 0 Å². The standard InChI is InChI=1S/C8H14F3NO3/c1-6(7(13)14)12-3-2-4-15-5-8(9,10)11/h6,12H,2-5H2,1H3,(H,13,14)/t6-/m0/s1. The van der Waals surface area contributed by atoms with E-state index in [9.17, 15) is 18.0 Å². The number of alkyl halides is 3. The van der Waals surface area contributed by atoms with Crippen molar-refractivity contribution in [3.8, 4) is 0 Å². The molecule has 0 amide bonds. The molecule has 0 aliphatic carbocycles. The fraction of sp³-hybridized carbons (Fsp3) is 0.875. The van der Waals surface area contributed by atoms with Crippen LogP contribution in [0.15, 0.2) is 0 Å². The van der Waals surface area contributed by atoms with Crippen molar-refractivity contribution in [2.45, 2.75) is 25.6 Å². The zero-order valence-corrected chi connectivity index (χ0v) is 8.30. The quantitative estimate of drug-likeness (QED) is 0.640. The molecule has 0 heterocycles. The molecule has 0 aromatic rings. The zero-order chi connectivity index (χ0) is 11.9. The van der Waals surface area contributed by atoms with Crippen LogP contribution in [0.1, 0.15) is 13.3 Å². The summed E-state index contributed by atoms with van der Waals surface area (Å²) in [7, 11) is 0. The predicted octanol–water partition coefficient (Wildman–Crippen LogP) is 1.02. The zero-order valence-electron chi connectivity index (χ0n) is 8.30. The second-order valence-corrected chi connectivity index (χ2v) is 3.04. The smallest absolute Gasteiger partial charge is 0.411 e. The summed E-state index contributed by atoms with van der Waals surface area (Å²) < 4.78 is 39.1. The molecule has 0 saturated carbocycles. The highest BCUT2D eigenvalue weighted by Gasteiger charge is 2.27. The molecule has 15 heavy (non-hydrogen) atoms. The van der Waals surface area contributed by atoms with Gasteiger partial charge in [0, 0.05) is 6.61 Å². The van der Waals surface area contributed by atoms with Crippen molar-refractivity contribution < 1.29 is 27.8 Å². The third-order valence-electron chi connectivity index (χ3n) is 1.55. The van der Waals surface area contributed by atoms with Gasteiger partial charge in [-0.05, 0) is 19.9 Å². The van der Waals surface area contributed by atoms with Crippen LogP contribution in [0.5, 0.6) is 0 Å². The molecular formula is C8H14F3NO3. The second-order valence-electron chi connectivity index (χ2n) is 3.04. The molecule has 7 heteroatoms. The first-order valence-corrected chi connectivity index (χ1v) is 4.43. The minimum absolute atomic E-state index is 0.0428. The molecule has 0 radical (unpaired) electrons. The van der Waals surface area contributed by atoms with Crippen LogP contribution in [0.4, 0.5) is 13.2 Å². The molecule has 2 N–H and O–H groups in total. The molecule has 0 aromatic heterocycles. The van der Waals surface area contributed by atoms with E-state index in [2.05, 4.69) is 10.1 Å². The average molecular weight is 229 g/mol. The van der Waals surface area contributed by atoms with Crippen molar-refractivity contribution in [2.75, 3.05) is 19.8 Å². The molecule has 0 saturated heterocycles. The van der Waals surface area contributed by atoms with E-state index in [1.807, 2.05) is 0 Å². The lowest BCUT2D eigenvalue weighted by molar-refractivity contribution is -0.173. The van der Waals surface area contributed by atoms with Gasteiger partial charge >= 0.3 is 12.1 Å². The van der Waals surface area contributed by atoms with Gasteiger partial charge in [-0.3, -0.25) is 4.79 Å². The number of ether oxygens (including phenoxy) is 1. The highest BCUT2D eigenvalue weighted by molar-refractivity contribution is 5.72. The Kier molecular flexibility index (Phi) is 6.26. The summed E-state index contributed by atoms with van der Waals surface area (Å²) >= 11 is 0. The molecule has 0 fully saturated rings. The van der Waals surface area contributed by atoms with Crippen LogP contribution in [0.3, 0.4) is 0 Å². The minimum Gasteiger partial charge on any atom is -0.480 e. The monoisotopic (exact) mass is 229 g/mol. The molecule has 4 nitrogen and oxygen atoms in total. The number of carboxylic acid groups (broad SMARTS) is 1. The van der Waals surface area contributed by atoms with E-state index in [0.717, 1.165) is 0 Å². The fourth-order valence-corrected chi connectivity index (χ4v) is 0.768. The van der Waals surface area contributed by atoms with Gasteiger partial charge in [0.2, 0.25) is 0 Å². The van der Waals surface area contributed by atoms with Crippen molar-refractivity contribution in [2.24, 2.45) is 0 Å². The fourth-order valence-electron chi connectivity index (χ4n) is 0.768. The average Bonchev–Trinajstić information content (AvgIpc) is 2.08. The molecular weight excluding hydrogens is 215 g/mol. The Bertz CT molecular complexity index is 196. The second kappa shape index (κ2) is 6.62. The van der Waals surface area contributed by atoms with Crippen LogP contribution >= 0.6 is 0 Å². The van der Waals surface area contributed by atoms with Gasteiger partial charge in [-0.25, -0.2) is 0 Å². The first-order valence-electron chi connectivity index (χ1n) is 4.43. The minimum atomic E-state index is -4.30. The van der Waals surface area contributed by atoms with Gasteiger partial charge in [0.15, 0.2) is 0 Å². The third-order valence-corrected chi connectivity index (χ3v) is 1.55. The molecule has 0 spiro atoms. The highest BCUT2D eigenvalue weighted by atomic mass is 19.4. The molecule has 0 unspecified atom stereocenters. The Morgan fingerprint density at radius 1 is 1.53 bits per heavy atom. The van der Waals surface area contributed by atoms with Crippen LogP contribution in [0.25, 0.3) is 0 Å². The lowest BCUT2D eigenvalue weighted by atomic mass is 10.3. The van der Waals surface area contributed by atoms with Crippen LogP contribution in [-0.2, 0) is 9.53 Å². The van der Waals surface area contributed by atoms with Gasteiger partial charge in [-0.2, -0.15) is 13.2 Å². The molecule has 90 valence electrons. The van der Waals surface area contributed by atoms with Gasteiger partial charge in [-0.15, -0.1) is 0 Å². The molecule has 0 aliphatic heterocycles. The number of aliphatic carboxylic acids is 1. The Hall–Kier alpha value is -0.820. The summed E-state index contributed by atoms with van der Waals surface area (Å²) in [6, 6.07) is -0.701. The van der Waals surface area contributed by atoms with Crippen LogP contribution in [0, 0.1) is 0 Å². The number of nitrogens with one attached hydrogen (secondary N) is 1. The van der Waals surface area contributed by atoms with Crippen LogP contribution < -0.4 is 5.32 Å². The van der Waals surface area contributed by atoms with Gasteiger partial charge in [0.1, 0.15) is 12.6 Å². The third kappa shape index (κ3) is 9.48. The van der Waals surface area contributed by atoms with E-state index < -0.39 is 24.8 Å². The summed E-state index contributed by atoms with van der Waals surface area (Å²) in [6.07, 6.45) is -3.96. The lowest BCUT2D eigenvalue weighted by Crippen LogP contribution is -2.34. The Balaban J connectivity index is 3.29. The summed E-state index contributed by atoms with van der Waals surface area (Å²) in [4.78, 5) is 10.3.